The van der Waals surface area contributed by atoms with Crippen molar-refractivity contribution in [2.75, 3.05) is 19.1 Å². The third-order valence-electron chi connectivity index (χ3n) is 4.98. The van der Waals surface area contributed by atoms with E-state index < -0.39 is 11.5 Å². The van der Waals surface area contributed by atoms with Crippen LogP contribution in [0.1, 0.15) is 29.2 Å². The molecule has 2 aromatic carbocycles. The van der Waals surface area contributed by atoms with Gasteiger partial charge in [-0.2, -0.15) is 0 Å². The zero-order chi connectivity index (χ0) is 19.1. The molecule has 1 aromatic heterocycles. The van der Waals surface area contributed by atoms with E-state index in [0.29, 0.717) is 22.3 Å². The lowest BCUT2D eigenvalue weighted by molar-refractivity contribution is 0.0988. The highest BCUT2D eigenvalue weighted by molar-refractivity contribution is 6.10. The lowest BCUT2D eigenvalue weighted by Gasteiger charge is -2.20. The van der Waals surface area contributed by atoms with Crippen molar-refractivity contribution in [3.63, 3.8) is 0 Å². The molecule has 138 valence electrons. The molecule has 1 aliphatic rings. The summed E-state index contributed by atoms with van der Waals surface area (Å²) in [5, 5.41) is 11.2. The number of aromatic nitrogens is 1. The summed E-state index contributed by atoms with van der Waals surface area (Å²) in [6.07, 6.45) is 1.80. The summed E-state index contributed by atoms with van der Waals surface area (Å²) in [6.45, 7) is 0. The molecular weight excluding hydrogens is 344 g/mol. The zero-order valence-corrected chi connectivity index (χ0v) is 15.2. The van der Waals surface area contributed by atoms with E-state index in [1.54, 1.807) is 61.2 Å². The van der Waals surface area contributed by atoms with Crippen molar-refractivity contribution in [3.8, 4) is 11.5 Å². The van der Waals surface area contributed by atoms with Gasteiger partial charge in [-0.15, -0.1) is 0 Å². The lowest BCUT2D eigenvalue weighted by Crippen LogP contribution is -2.34. The number of fused-ring (bicyclic) bond motifs is 1. The number of amides is 1. The Kier molecular flexibility index (Phi) is 4.11. The molecule has 0 spiro atoms. The second-order valence-corrected chi connectivity index (χ2v) is 6.71. The predicted octanol–water partition coefficient (Wildman–Crippen LogP) is 3.33. The van der Waals surface area contributed by atoms with E-state index in [2.05, 4.69) is 0 Å². The van der Waals surface area contributed by atoms with Crippen molar-refractivity contribution in [3.05, 3.63) is 64.4 Å². The highest BCUT2D eigenvalue weighted by atomic mass is 16.5. The molecule has 0 radical (unpaired) electrons. The van der Waals surface area contributed by atoms with Crippen LogP contribution in [-0.2, 0) is 0 Å². The van der Waals surface area contributed by atoms with E-state index in [4.69, 9.17) is 4.74 Å². The Morgan fingerprint density at radius 3 is 2.44 bits per heavy atom. The minimum absolute atomic E-state index is 0.0841. The number of benzene rings is 2. The molecule has 6 heteroatoms. The number of para-hydroxylation sites is 1. The first kappa shape index (κ1) is 17.1. The standard InChI is InChI=1S/C21H20N2O4/c1-22(13-9-11-15(27-2)12-10-13)20(25)18-19(24)16-5-3-4-6-17(16)23(21(18)26)14-7-8-14/h3-6,9-12,14,24H,7-8H2,1-2H3. The van der Waals surface area contributed by atoms with Crippen LogP contribution in [0.5, 0.6) is 11.5 Å². The fourth-order valence-electron chi connectivity index (χ4n) is 3.33. The van der Waals surface area contributed by atoms with Gasteiger partial charge in [0.05, 0.1) is 12.6 Å². The van der Waals surface area contributed by atoms with Gasteiger partial charge in [0.2, 0.25) is 0 Å². The average molecular weight is 364 g/mol. The van der Waals surface area contributed by atoms with Crippen LogP contribution in [0.3, 0.4) is 0 Å². The number of hydrogen-bond acceptors (Lipinski definition) is 4. The Morgan fingerprint density at radius 1 is 1.15 bits per heavy atom. The number of rotatable bonds is 4. The first-order valence-corrected chi connectivity index (χ1v) is 8.81. The number of hydrogen-bond donors (Lipinski definition) is 1. The molecule has 0 bridgehead atoms. The highest BCUT2D eigenvalue weighted by Gasteiger charge is 2.31. The lowest BCUT2D eigenvalue weighted by atomic mass is 10.1. The molecule has 3 aromatic rings. The maximum absolute atomic E-state index is 13.1. The highest BCUT2D eigenvalue weighted by Crippen LogP contribution is 2.38. The predicted molar refractivity (Wildman–Crippen MR) is 104 cm³/mol. The van der Waals surface area contributed by atoms with E-state index in [9.17, 15) is 14.7 Å². The van der Waals surface area contributed by atoms with Gasteiger partial charge in [-0.25, -0.2) is 0 Å². The molecule has 1 fully saturated rings. The largest absolute Gasteiger partial charge is 0.506 e. The molecule has 0 atom stereocenters. The first-order valence-electron chi connectivity index (χ1n) is 8.81. The maximum Gasteiger partial charge on any atom is 0.267 e. The molecular formula is C21H20N2O4. The van der Waals surface area contributed by atoms with Gasteiger partial charge in [0.25, 0.3) is 11.5 Å². The Morgan fingerprint density at radius 2 is 1.81 bits per heavy atom. The molecule has 27 heavy (non-hydrogen) atoms. The topological polar surface area (TPSA) is 71.8 Å². The first-order chi connectivity index (χ1) is 13.0. The van der Waals surface area contributed by atoms with Crippen molar-refractivity contribution >= 4 is 22.5 Å². The molecule has 6 nitrogen and oxygen atoms in total. The minimum atomic E-state index is -0.539. The van der Waals surface area contributed by atoms with Gasteiger partial charge in [-0.1, -0.05) is 12.1 Å². The molecule has 0 saturated heterocycles. The van der Waals surface area contributed by atoms with Crippen molar-refractivity contribution in [1.82, 2.24) is 4.57 Å². The number of carbonyl (C=O) groups excluding carboxylic acids is 1. The van der Waals surface area contributed by atoms with Gasteiger partial charge in [0.1, 0.15) is 17.1 Å². The monoisotopic (exact) mass is 364 g/mol. The molecule has 1 amide bonds. The maximum atomic E-state index is 13.1. The van der Waals surface area contributed by atoms with Crippen LogP contribution in [-0.4, -0.2) is 29.7 Å². The number of carbonyl (C=O) groups is 1. The van der Waals surface area contributed by atoms with E-state index in [-0.39, 0.29) is 17.4 Å². The summed E-state index contributed by atoms with van der Waals surface area (Å²) < 4.78 is 6.78. The molecule has 1 aliphatic carbocycles. The molecule has 1 N–H and O–H groups in total. The van der Waals surface area contributed by atoms with Gasteiger partial charge in [0.15, 0.2) is 0 Å². The van der Waals surface area contributed by atoms with E-state index in [1.807, 2.05) is 6.07 Å². The number of methoxy groups -OCH3 is 1. The van der Waals surface area contributed by atoms with Gasteiger partial charge in [-0.05, 0) is 49.2 Å². The number of pyridine rings is 1. The van der Waals surface area contributed by atoms with Crippen molar-refractivity contribution in [2.45, 2.75) is 18.9 Å². The molecule has 0 aliphatic heterocycles. The fourth-order valence-corrected chi connectivity index (χ4v) is 3.33. The quantitative estimate of drug-likeness (QED) is 0.771. The molecule has 1 heterocycles. The third kappa shape index (κ3) is 2.83. The average Bonchev–Trinajstić information content (AvgIpc) is 3.52. The van der Waals surface area contributed by atoms with Crippen LogP contribution in [0.15, 0.2) is 53.3 Å². The summed E-state index contributed by atoms with van der Waals surface area (Å²) in [4.78, 5) is 27.6. The second-order valence-electron chi connectivity index (χ2n) is 6.71. The minimum Gasteiger partial charge on any atom is -0.506 e. The molecule has 1 saturated carbocycles. The van der Waals surface area contributed by atoms with E-state index in [0.717, 1.165) is 12.8 Å². The van der Waals surface area contributed by atoms with Crippen LogP contribution < -0.4 is 15.2 Å². The summed E-state index contributed by atoms with van der Waals surface area (Å²) in [7, 11) is 3.15. The Labute approximate surface area is 156 Å². The number of ether oxygens (including phenoxy) is 1. The van der Waals surface area contributed by atoms with Gasteiger partial charge in [-0.3, -0.25) is 9.59 Å². The number of aromatic hydroxyl groups is 1. The third-order valence-corrected chi connectivity index (χ3v) is 4.98. The summed E-state index contributed by atoms with van der Waals surface area (Å²) in [5.41, 5.74) is 0.620. The number of anilines is 1. The van der Waals surface area contributed by atoms with E-state index in [1.165, 1.54) is 4.90 Å². The smallest absolute Gasteiger partial charge is 0.267 e. The van der Waals surface area contributed by atoms with Gasteiger partial charge < -0.3 is 19.3 Å². The summed E-state index contributed by atoms with van der Waals surface area (Å²) in [5.74, 6) is -0.134. The van der Waals surface area contributed by atoms with Crippen molar-refractivity contribution < 1.29 is 14.6 Å². The van der Waals surface area contributed by atoms with Crippen LogP contribution in [0.4, 0.5) is 5.69 Å². The van der Waals surface area contributed by atoms with Crippen LogP contribution >= 0.6 is 0 Å². The number of nitrogens with zero attached hydrogens (tertiary/aromatic N) is 2. The normalized spacial score (nSPS) is 13.6. The van der Waals surface area contributed by atoms with E-state index >= 15 is 0 Å². The summed E-state index contributed by atoms with van der Waals surface area (Å²) in [6, 6.07) is 14.2. The molecule has 0 unspecified atom stereocenters. The van der Waals surface area contributed by atoms with Crippen LogP contribution in [0.25, 0.3) is 10.9 Å². The fraction of sp³-hybridized carbons (Fsp3) is 0.238. The van der Waals surface area contributed by atoms with Crippen molar-refractivity contribution in [1.29, 1.82) is 0 Å². The Balaban J connectivity index is 1.85. The molecule has 4 rings (SSSR count). The zero-order valence-electron chi connectivity index (χ0n) is 15.2. The SMILES string of the molecule is COc1ccc(N(C)C(=O)c2c(O)c3ccccc3n(C3CC3)c2=O)cc1. The van der Waals surface area contributed by atoms with Gasteiger partial charge >= 0.3 is 0 Å². The second kappa shape index (κ2) is 6.46. The van der Waals surface area contributed by atoms with Crippen molar-refractivity contribution in [2.24, 2.45) is 0 Å². The Hall–Kier alpha value is -3.28. The Bertz CT molecular complexity index is 1080. The van der Waals surface area contributed by atoms with Crippen LogP contribution in [0.2, 0.25) is 0 Å². The van der Waals surface area contributed by atoms with Gasteiger partial charge in [0, 0.05) is 24.2 Å². The summed E-state index contributed by atoms with van der Waals surface area (Å²) >= 11 is 0. The van der Waals surface area contributed by atoms with Crippen LogP contribution in [0, 0.1) is 0 Å².